The number of carbonyl (C=O) groups is 1. The minimum atomic E-state index is -0.538. The molecule has 2 amide bonds. The van der Waals surface area contributed by atoms with E-state index in [9.17, 15) is 9.90 Å². The standard InChI is InChI=1S/C12H14N4O3/c1-7(17)9-3-5-10(6-4-9)14-11(18)15-12-13-8(2)16-19-12/h3-7,17H,1-2H3,(H2,13,14,15,16,18). The van der Waals surface area contributed by atoms with E-state index in [1.807, 2.05) is 0 Å². The smallest absolute Gasteiger partial charge is 0.329 e. The summed E-state index contributed by atoms with van der Waals surface area (Å²) in [7, 11) is 0. The van der Waals surface area contributed by atoms with Gasteiger partial charge in [-0.3, -0.25) is 5.32 Å². The predicted molar refractivity (Wildman–Crippen MR) is 68.8 cm³/mol. The summed E-state index contributed by atoms with van der Waals surface area (Å²) in [6, 6.07) is 6.42. The van der Waals surface area contributed by atoms with Crippen LogP contribution in [-0.4, -0.2) is 21.3 Å². The van der Waals surface area contributed by atoms with Crippen LogP contribution in [0, 0.1) is 6.92 Å². The molecule has 1 aromatic heterocycles. The highest BCUT2D eigenvalue weighted by atomic mass is 16.5. The van der Waals surface area contributed by atoms with Gasteiger partial charge in [0.25, 0.3) is 0 Å². The molecule has 2 rings (SSSR count). The van der Waals surface area contributed by atoms with Crippen LogP contribution >= 0.6 is 0 Å². The van der Waals surface area contributed by atoms with E-state index < -0.39 is 12.1 Å². The zero-order valence-corrected chi connectivity index (χ0v) is 10.5. The molecular weight excluding hydrogens is 248 g/mol. The number of carbonyl (C=O) groups excluding carboxylic acids is 1. The first-order valence-electron chi connectivity index (χ1n) is 5.71. The van der Waals surface area contributed by atoms with Crippen molar-refractivity contribution < 1.29 is 14.4 Å². The van der Waals surface area contributed by atoms with Crippen molar-refractivity contribution >= 4 is 17.7 Å². The summed E-state index contributed by atoms with van der Waals surface area (Å²) >= 11 is 0. The first-order valence-corrected chi connectivity index (χ1v) is 5.71. The Balaban J connectivity index is 1.95. The Bertz CT molecular complexity index is 563. The van der Waals surface area contributed by atoms with Gasteiger partial charge < -0.3 is 14.9 Å². The molecular formula is C12H14N4O3. The molecule has 0 aliphatic rings. The zero-order valence-electron chi connectivity index (χ0n) is 10.5. The maximum absolute atomic E-state index is 11.6. The van der Waals surface area contributed by atoms with Crippen LogP contribution in [0.1, 0.15) is 24.4 Å². The second kappa shape index (κ2) is 5.49. The van der Waals surface area contributed by atoms with Gasteiger partial charge in [0.1, 0.15) is 0 Å². The lowest BCUT2D eigenvalue weighted by atomic mass is 10.1. The van der Waals surface area contributed by atoms with Gasteiger partial charge in [-0.2, -0.15) is 4.98 Å². The number of nitrogens with zero attached hydrogens (tertiary/aromatic N) is 2. The molecule has 0 fully saturated rings. The monoisotopic (exact) mass is 262 g/mol. The van der Waals surface area contributed by atoms with Crippen molar-refractivity contribution in [1.29, 1.82) is 0 Å². The maximum Gasteiger partial charge on any atom is 0.329 e. The topological polar surface area (TPSA) is 100 Å². The molecule has 0 saturated carbocycles. The van der Waals surface area contributed by atoms with Crippen molar-refractivity contribution in [3.8, 4) is 0 Å². The number of nitrogens with one attached hydrogen (secondary N) is 2. The molecule has 1 aromatic carbocycles. The largest absolute Gasteiger partial charge is 0.389 e. The van der Waals surface area contributed by atoms with Gasteiger partial charge >= 0.3 is 12.0 Å². The maximum atomic E-state index is 11.6. The molecule has 3 N–H and O–H groups in total. The van der Waals surface area contributed by atoms with Crippen LogP contribution in [-0.2, 0) is 0 Å². The number of urea groups is 1. The Kier molecular flexibility index (Phi) is 3.76. The third-order valence-corrected chi connectivity index (χ3v) is 2.40. The van der Waals surface area contributed by atoms with Gasteiger partial charge in [0.15, 0.2) is 5.82 Å². The normalized spacial score (nSPS) is 11.9. The molecule has 1 atom stereocenters. The van der Waals surface area contributed by atoms with E-state index in [4.69, 9.17) is 4.52 Å². The molecule has 0 spiro atoms. The number of hydrogen-bond donors (Lipinski definition) is 3. The van der Waals surface area contributed by atoms with Gasteiger partial charge in [-0.1, -0.05) is 17.3 Å². The number of aliphatic hydroxyl groups excluding tert-OH is 1. The van der Waals surface area contributed by atoms with Crippen LogP contribution in [0.2, 0.25) is 0 Å². The lowest BCUT2D eigenvalue weighted by Gasteiger charge is -2.07. The summed E-state index contributed by atoms with van der Waals surface area (Å²) in [5.74, 6) is 0.441. The molecule has 19 heavy (non-hydrogen) atoms. The van der Waals surface area contributed by atoms with Crippen LogP contribution < -0.4 is 10.6 Å². The fourth-order valence-corrected chi connectivity index (χ4v) is 1.45. The van der Waals surface area contributed by atoms with Crippen molar-refractivity contribution in [2.45, 2.75) is 20.0 Å². The van der Waals surface area contributed by atoms with Crippen LogP contribution in [0.25, 0.3) is 0 Å². The third kappa shape index (κ3) is 3.52. The Morgan fingerprint density at radius 2 is 2.00 bits per heavy atom. The fourth-order valence-electron chi connectivity index (χ4n) is 1.45. The molecule has 0 aliphatic carbocycles. The minimum Gasteiger partial charge on any atom is -0.389 e. The Morgan fingerprint density at radius 1 is 1.32 bits per heavy atom. The number of aryl methyl sites for hydroxylation is 1. The number of amides is 2. The average molecular weight is 262 g/mol. The van der Waals surface area contributed by atoms with E-state index in [0.717, 1.165) is 5.56 Å². The molecule has 0 radical (unpaired) electrons. The minimum absolute atomic E-state index is 0.0376. The van der Waals surface area contributed by atoms with E-state index >= 15 is 0 Å². The lowest BCUT2D eigenvalue weighted by molar-refractivity contribution is 0.199. The summed E-state index contributed by atoms with van der Waals surface area (Å²) in [5.41, 5.74) is 1.37. The SMILES string of the molecule is Cc1noc(NC(=O)Nc2ccc(C(C)O)cc2)n1. The highest BCUT2D eigenvalue weighted by molar-refractivity contribution is 5.98. The molecule has 7 nitrogen and oxygen atoms in total. The second-order valence-corrected chi connectivity index (χ2v) is 4.02. The van der Waals surface area contributed by atoms with E-state index in [1.165, 1.54) is 0 Å². The number of aliphatic hydroxyl groups is 1. The van der Waals surface area contributed by atoms with Crippen LogP contribution in [0.3, 0.4) is 0 Å². The van der Waals surface area contributed by atoms with Crippen LogP contribution in [0.4, 0.5) is 16.5 Å². The van der Waals surface area contributed by atoms with Crippen LogP contribution in [0.5, 0.6) is 0 Å². The first kappa shape index (κ1) is 13.0. The van der Waals surface area contributed by atoms with E-state index in [2.05, 4.69) is 20.8 Å². The highest BCUT2D eigenvalue weighted by Gasteiger charge is 2.08. The van der Waals surface area contributed by atoms with Gasteiger partial charge in [0.05, 0.1) is 6.10 Å². The zero-order chi connectivity index (χ0) is 13.8. The summed E-state index contributed by atoms with van der Waals surface area (Å²) in [5, 5.41) is 17.9. The summed E-state index contributed by atoms with van der Waals surface area (Å²) < 4.78 is 4.76. The molecule has 7 heteroatoms. The second-order valence-electron chi connectivity index (χ2n) is 4.02. The van der Waals surface area contributed by atoms with E-state index in [1.54, 1.807) is 38.1 Å². The number of benzene rings is 1. The van der Waals surface area contributed by atoms with Crippen molar-refractivity contribution in [3.05, 3.63) is 35.7 Å². The van der Waals surface area contributed by atoms with Gasteiger partial charge in [0, 0.05) is 5.69 Å². The Morgan fingerprint density at radius 3 is 2.53 bits per heavy atom. The van der Waals surface area contributed by atoms with Crippen molar-refractivity contribution in [3.63, 3.8) is 0 Å². The summed E-state index contributed by atoms with van der Waals surface area (Å²) in [6.07, 6.45) is -0.538. The fraction of sp³-hybridized carbons (Fsp3) is 0.250. The number of aromatic nitrogens is 2. The Labute approximate surface area is 109 Å². The molecule has 1 heterocycles. The number of hydrogen-bond acceptors (Lipinski definition) is 5. The van der Waals surface area contributed by atoms with E-state index in [-0.39, 0.29) is 6.01 Å². The quantitative estimate of drug-likeness (QED) is 0.786. The molecule has 2 aromatic rings. The van der Waals surface area contributed by atoms with Crippen molar-refractivity contribution in [2.24, 2.45) is 0 Å². The van der Waals surface area contributed by atoms with Gasteiger partial charge in [0.2, 0.25) is 0 Å². The van der Waals surface area contributed by atoms with Crippen molar-refractivity contribution in [1.82, 2.24) is 10.1 Å². The van der Waals surface area contributed by atoms with Crippen LogP contribution in [0.15, 0.2) is 28.8 Å². The van der Waals surface area contributed by atoms with Gasteiger partial charge in [-0.05, 0) is 31.5 Å². The summed E-state index contributed by atoms with van der Waals surface area (Å²) in [6.45, 7) is 3.33. The predicted octanol–water partition coefficient (Wildman–Crippen LogP) is 2.08. The summed E-state index contributed by atoms with van der Waals surface area (Å²) in [4.78, 5) is 15.5. The third-order valence-electron chi connectivity index (χ3n) is 2.40. The Hall–Kier alpha value is -2.41. The molecule has 0 aliphatic heterocycles. The van der Waals surface area contributed by atoms with Gasteiger partial charge in [-0.15, -0.1) is 0 Å². The lowest BCUT2D eigenvalue weighted by Crippen LogP contribution is -2.19. The van der Waals surface area contributed by atoms with E-state index in [0.29, 0.717) is 11.5 Å². The molecule has 0 saturated heterocycles. The van der Waals surface area contributed by atoms with Crippen molar-refractivity contribution in [2.75, 3.05) is 10.6 Å². The van der Waals surface area contributed by atoms with Gasteiger partial charge in [-0.25, -0.2) is 4.79 Å². The highest BCUT2D eigenvalue weighted by Crippen LogP contribution is 2.15. The molecule has 100 valence electrons. The average Bonchev–Trinajstić information content (AvgIpc) is 2.75. The first-order chi connectivity index (χ1) is 9.04. The number of anilines is 2. The molecule has 0 bridgehead atoms. The number of rotatable bonds is 3. The molecule has 1 unspecified atom stereocenters.